The Bertz CT molecular complexity index is 406. The predicted molar refractivity (Wildman–Crippen MR) is 60.2 cm³/mol. The quantitative estimate of drug-likeness (QED) is 0.404. The summed E-state index contributed by atoms with van der Waals surface area (Å²) in [6.45, 7) is 1.64. The van der Waals surface area contributed by atoms with Gasteiger partial charge in [-0.1, -0.05) is 6.07 Å². The molecule has 80 valence electrons. The lowest BCUT2D eigenvalue weighted by atomic mass is 10.1. The van der Waals surface area contributed by atoms with Crippen LogP contribution in [0.5, 0.6) is 5.75 Å². The zero-order valence-corrected chi connectivity index (χ0v) is 8.89. The standard InChI is InChI=1S/C9H11N3O2S/c1-5-6(3-2-4-7(5)13)8(14)11-12-9(10)15/h2-4,13H,1H3,(H,11,14)(H3,10,12,15). The lowest BCUT2D eigenvalue weighted by Gasteiger charge is -2.09. The van der Waals surface area contributed by atoms with Gasteiger partial charge in [0.2, 0.25) is 0 Å². The molecular formula is C9H11N3O2S. The Morgan fingerprint density at radius 3 is 2.73 bits per heavy atom. The number of nitrogens with two attached hydrogens (primary N) is 1. The summed E-state index contributed by atoms with van der Waals surface area (Å²) >= 11 is 4.53. The number of phenols is 1. The minimum absolute atomic E-state index is 0.0267. The van der Waals surface area contributed by atoms with E-state index < -0.39 is 5.91 Å². The summed E-state index contributed by atoms with van der Waals surface area (Å²) in [6.07, 6.45) is 0. The second-order valence-electron chi connectivity index (χ2n) is 2.89. The zero-order valence-electron chi connectivity index (χ0n) is 8.07. The number of hydrogen-bond acceptors (Lipinski definition) is 3. The minimum Gasteiger partial charge on any atom is -0.508 e. The largest absolute Gasteiger partial charge is 0.508 e. The highest BCUT2D eigenvalue weighted by Gasteiger charge is 2.10. The molecule has 0 bridgehead atoms. The van der Waals surface area contributed by atoms with Crippen LogP contribution in [0.3, 0.4) is 0 Å². The molecule has 1 rings (SSSR count). The predicted octanol–water partition coefficient (Wildman–Crippen LogP) is 0.179. The average molecular weight is 225 g/mol. The van der Waals surface area contributed by atoms with Gasteiger partial charge in [0.25, 0.3) is 5.91 Å². The minimum atomic E-state index is -0.406. The lowest BCUT2D eigenvalue weighted by Crippen LogP contribution is -2.44. The monoisotopic (exact) mass is 225 g/mol. The first-order valence-electron chi connectivity index (χ1n) is 4.16. The number of rotatable bonds is 1. The van der Waals surface area contributed by atoms with Crippen LogP contribution < -0.4 is 16.6 Å². The molecule has 0 saturated carbocycles. The summed E-state index contributed by atoms with van der Waals surface area (Å²) in [5.74, 6) is -0.339. The van der Waals surface area contributed by atoms with Crippen LogP contribution in [-0.4, -0.2) is 16.1 Å². The van der Waals surface area contributed by atoms with E-state index in [-0.39, 0.29) is 10.9 Å². The number of aromatic hydroxyl groups is 1. The van der Waals surface area contributed by atoms with Gasteiger partial charge in [-0.15, -0.1) is 0 Å². The fraction of sp³-hybridized carbons (Fsp3) is 0.111. The maximum absolute atomic E-state index is 11.5. The van der Waals surface area contributed by atoms with Crippen molar-refractivity contribution in [1.82, 2.24) is 10.9 Å². The molecule has 1 aromatic carbocycles. The van der Waals surface area contributed by atoms with Crippen molar-refractivity contribution in [2.45, 2.75) is 6.92 Å². The normalized spacial score (nSPS) is 9.40. The lowest BCUT2D eigenvalue weighted by molar-refractivity contribution is 0.0943. The summed E-state index contributed by atoms with van der Waals surface area (Å²) in [6, 6.07) is 4.68. The van der Waals surface area contributed by atoms with E-state index in [0.29, 0.717) is 11.1 Å². The Hall–Kier alpha value is -1.82. The highest BCUT2D eigenvalue weighted by atomic mass is 32.1. The number of carbonyl (C=O) groups excluding carboxylic acids is 1. The van der Waals surface area contributed by atoms with Crippen LogP contribution in [0, 0.1) is 6.92 Å². The molecule has 0 radical (unpaired) electrons. The third kappa shape index (κ3) is 2.81. The smallest absolute Gasteiger partial charge is 0.270 e. The van der Waals surface area contributed by atoms with Gasteiger partial charge in [-0.25, -0.2) is 0 Å². The molecular weight excluding hydrogens is 214 g/mol. The molecule has 0 atom stereocenters. The van der Waals surface area contributed by atoms with Crippen LogP contribution in [0.4, 0.5) is 0 Å². The Kier molecular flexibility index (Phi) is 3.46. The van der Waals surface area contributed by atoms with Crippen LogP contribution in [0.15, 0.2) is 18.2 Å². The second-order valence-corrected chi connectivity index (χ2v) is 3.33. The van der Waals surface area contributed by atoms with Gasteiger partial charge in [-0.05, 0) is 31.3 Å². The first-order chi connectivity index (χ1) is 7.02. The maximum atomic E-state index is 11.5. The molecule has 0 unspecified atom stereocenters. The van der Waals surface area contributed by atoms with Gasteiger partial charge in [0.15, 0.2) is 5.11 Å². The van der Waals surface area contributed by atoms with Crippen molar-refractivity contribution in [2.24, 2.45) is 5.73 Å². The Morgan fingerprint density at radius 2 is 2.13 bits per heavy atom. The summed E-state index contributed by atoms with van der Waals surface area (Å²) in [5.41, 5.74) is 10.6. The molecule has 6 heteroatoms. The third-order valence-corrected chi connectivity index (χ3v) is 1.95. The highest BCUT2D eigenvalue weighted by Crippen LogP contribution is 2.18. The molecule has 1 aromatic rings. The number of thiocarbonyl (C=S) groups is 1. The number of hydrazine groups is 1. The van der Waals surface area contributed by atoms with Gasteiger partial charge in [-0.2, -0.15) is 0 Å². The number of phenolic OH excluding ortho intramolecular Hbond substituents is 1. The molecule has 0 saturated heterocycles. The first kappa shape index (κ1) is 11.3. The first-order valence-corrected chi connectivity index (χ1v) is 4.57. The molecule has 0 heterocycles. The molecule has 0 aliphatic heterocycles. The van der Waals surface area contributed by atoms with Crippen LogP contribution in [0.2, 0.25) is 0 Å². The summed E-state index contributed by atoms with van der Waals surface area (Å²) in [4.78, 5) is 11.5. The SMILES string of the molecule is Cc1c(O)cccc1C(=O)NNC(N)=S. The van der Waals surface area contributed by atoms with Crippen molar-refractivity contribution in [3.63, 3.8) is 0 Å². The molecule has 0 aliphatic rings. The van der Waals surface area contributed by atoms with Crippen molar-refractivity contribution in [2.75, 3.05) is 0 Å². The van der Waals surface area contributed by atoms with Crippen LogP contribution in [0.25, 0.3) is 0 Å². The van der Waals surface area contributed by atoms with E-state index in [1.807, 2.05) is 0 Å². The van der Waals surface area contributed by atoms with E-state index >= 15 is 0 Å². The average Bonchev–Trinajstić information content (AvgIpc) is 2.18. The van der Waals surface area contributed by atoms with Crippen LogP contribution in [-0.2, 0) is 0 Å². The Balaban J connectivity index is 2.82. The van der Waals surface area contributed by atoms with E-state index in [9.17, 15) is 9.90 Å². The van der Waals surface area contributed by atoms with Gasteiger partial charge in [0.05, 0.1) is 0 Å². The molecule has 0 fully saturated rings. The van der Waals surface area contributed by atoms with Crippen molar-refractivity contribution in [1.29, 1.82) is 0 Å². The van der Waals surface area contributed by atoms with Gasteiger partial charge in [-0.3, -0.25) is 15.6 Å². The number of benzene rings is 1. The van der Waals surface area contributed by atoms with E-state index in [1.165, 1.54) is 6.07 Å². The highest BCUT2D eigenvalue weighted by molar-refractivity contribution is 7.80. The number of hydrogen-bond donors (Lipinski definition) is 4. The van der Waals surface area contributed by atoms with E-state index in [4.69, 9.17) is 5.73 Å². The van der Waals surface area contributed by atoms with E-state index in [0.717, 1.165) is 0 Å². The van der Waals surface area contributed by atoms with Crippen LogP contribution >= 0.6 is 12.2 Å². The van der Waals surface area contributed by atoms with Gasteiger partial charge < -0.3 is 10.8 Å². The fourth-order valence-corrected chi connectivity index (χ4v) is 1.11. The van der Waals surface area contributed by atoms with Gasteiger partial charge in [0.1, 0.15) is 5.75 Å². The van der Waals surface area contributed by atoms with Crippen LogP contribution in [0.1, 0.15) is 15.9 Å². The van der Waals surface area contributed by atoms with Gasteiger partial charge in [0, 0.05) is 11.1 Å². The number of carbonyl (C=O) groups is 1. The number of amides is 1. The molecule has 15 heavy (non-hydrogen) atoms. The molecule has 0 spiro atoms. The fourth-order valence-electron chi connectivity index (χ4n) is 1.06. The van der Waals surface area contributed by atoms with Gasteiger partial charge >= 0.3 is 0 Å². The summed E-state index contributed by atoms with van der Waals surface area (Å²) in [5, 5.41) is 9.35. The van der Waals surface area contributed by atoms with E-state index in [2.05, 4.69) is 23.1 Å². The maximum Gasteiger partial charge on any atom is 0.270 e. The Morgan fingerprint density at radius 1 is 1.47 bits per heavy atom. The summed E-state index contributed by atoms with van der Waals surface area (Å²) in [7, 11) is 0. The zero-order chi connectivity index (χ0) is 11.4. The molecule has 1 amide bonds. The molecule has 0 aromatic heterocycles. The van der Waals surface area contributed by atoms with Crippen molar-refractivity contribution >= 4 is 23.2 Å². The molecule has 0 aliphatic carbocycles. The number of nitrogens with one attached hydrogen (secondary N) is 2. The molecule has 5 nitrogen and oxygen atoms in total. The van der Waals surface area contributed by atoms with Crippen molar-refractivity contribution < 1.29 is 9.90 Å². The molecule has 5 N–H and O–H groups in total. The van der Waals surface area contributed by atoms with Crippen molar-refractivity contribution in [3.8, 4) is 5.75 Å². The third-order valence-electron chi connectivity index (χ3n) is 1.85. The van der Waals surface area contributed by atoms with E-state index in [1.54, 1.807) is 19.1 Å². The summed E-state index contributed by atoms with van der Waals surface area (Å²) < 4.78 is 0. The second kappa shape index (κ2) is 4.61. The Labute approximate surface area is 92.3 Å². The topological polar surface area (TPSA) is 87.4 Å². The van der Waals surface area contributed by atoms with Crippen molar-refractivity contribution in [3.05, 3.63) is 29.3 Å².